The number of hydrogen-bond acceptors (Lipinski definition) is 5. The van der Waals surface area contributed by atoms with Crippen molar-refractivity contribution in [2.75, 3.05) is 16.8 Å². The maximum atomic E-state index is 14.5. The van der Waals surface area contributed by atoms with Gasteiger partial charge in [0.2, 0.25) is 0 Å². The molecule has 1 amide bonds. The molecule has 0 saturated carbocycles. The Balaban J connectivity index is 1.64. The van der Waals surface area contributed by atoms with Gasteiger partial charge in [0.05, 0.1) is 29.7 Å². The third kappa shape index (κ3) is 5.74. The second kappa shape index (κ2) is 11.3. The Morgan fingerprint density at radius 1 is 1.13 bits per heavy atom. The molecule has 0 aliphatic heterocycles. The maximum absolute atomic E-state index is 14.5. The molecule has 9 nitrogen and oxygen atoms in total. The lowest BCUT2D eigenvalue weighted by Gasteiger charge is -2.25. The minimum Gasteiger partial charge on any atom is -0.481 e. The van der Waals surface area contributed by atoms with Crippen molar-refractivity contribution in [2.24, 2.45) is 5.73 Å². The van der Waals surface area contributed by atoms with Gasteiger partial charge in [-0.15, -0.1) is 0 Å². The Morgan fingerprint density at radius 3 is 2.54 bits per heavy atom. The number of rotatable bonds is 10. The van der Waals surface area contributed by atoms with E-state index >= 15 is 0 Å². The molecule has 0 fully saturated rings. The molecular formula is C29H31FN6O3. The standard InChI is InChI=1S/C29H31FN6O3/c1-4-35-25-11-9-20(29(39)36(13-12-27(37)38)24-7-5-6-17(2)18(24)3)15-23(25)34-26(35)16-33-22-10-8-19(28(31)32)14-21(22)30/h5-11,14-15,33H,4,12-13,16H2,1-3H3,(H3,31,32)(H,37,38). The van der Waals surface area contributed by atoms with Crippen LogP contribution < -0.4 is 16.0 Å². The van der Waals surface area contributed by atoms with Gasteiger partial charge < -0.3 is 25.6 Å². The number of halogens is 1. The second-order valence-corrected chi connectivity index (χ2v) is 9.26. The lowest BCUT2D eigenvalue weighted by Crippen LogP contribution is -2.33. The molecular weight excluding hydrogens is 499 g/mol. The molecule has 0 saturated heterocycles. The highest BCUT2D eigenvalue weighted by Crippen LogP contribution is 2.27. The maximum Gasteiger partial charge on any atom is 0.305 e. The van der Waals surface area contributed by atoms with Crippen LogP contribution in [0.25, 0.3) is 11.0 Å². The van der Waals surface area contributed by atoms with Gasteiger partial charge in [0.1, 0.15) is 17.5 Å². The SMILES string of the molecule is CCn1c(CNc2ccc(C(=N)N)cc2F)nc2cc(C(=O)N(CCC(=O)O)c3cccc(C)c3C)ccc21. The lowest BCUT2D eigenvalue weighted by molar-refractivity contribution is -0.136. The summed E-state index contributed by atoms with van der Waals surface area (Å²) < 4.78 is 16.5. The Morgan fingerprint density at radius 2 is 1.87 bits per heavy atom. The normalized spacial score (nSPS) is 11.0. The molecule has 4 rings (SSSR count). The van der Waals surface area contributed by atoms with E-state index in [-0.39, 0.29) is 36.9 Å². The first-order chi connectivity index (χ1) is 18.6. The van der Waals surface area contributed by atoms with Crippen LogP contribution in [0, 0.1) is 25.1 Å². The quantitative estimate of drug-likeness (QED) is 0.171. The van der Waals surface area contributed by atoms with Crippen molar-refractivity contribution < 1.29 is 19.1 Å². The highest BCUT2D eigenvalue weighted by Gasteiger charge is 2.22. The van der Waals surface area contributed by atoms with Crippen LogP contribution in [0.4, 0.5) is 15.8 Å². The number of benzene rings is 3. The van der Waals surface area contributed by atoms with Gasteiger partial charge in [-0.25, -0.2) is 9.37 Å². The topological polar surface area (TPSA) is 137 Å². The van der Waals surface area contributed by atoms with Gasteiger partial charge >= 0.3 is 5.97 Å². The largest absolute Gasteiger partial charge is 0.481 e. The van der Waals surface area contributed by atoms with Crippen molar-refractivity contribution in [3.05, 3.63) is 88.5 Å². The van der Waals surface area contributed by atoms with Gasteiger partial charge in [-0.1, -0.05) is 12.1 Å². The number of carboxylic acids is 1. The number of aryl methyl sites for hydroxylation is 2. The summed E-state index contributed by atoms with van der Waals surface area (Å²) in [5.41, 5.74) is 10.4. The molecule has 0 aliphatic rings. The predicted molar refractivity (Wildman–Crippen MR) is 150 cm³/mol. The van der Waals surface area contributed by atoms with Crippen LogP contribution in [0.15, 0.2) is 54.6 Å². The fraction of sp³-hybridized carbons (Fsp3) is 0.241. The summed E-state index contributed by atoms with van der Waals surface area (Å²) in [7, 11) is 0. The number of carboxylic acid groups (broad SMARTS) is 1. The number of carbonyl (C=O) groups excluding carboxylic acids is 1. The Labute approximate surface area is 225 Å². The average molecular weight is 531 g/mol. The highest BCUT2D eigenvalue weighted by molar-refractivity contribution is 6.08. The average Bonchev–Trinajstić information content (AvgIpc) is 3.26. The molecule has 5 N–H and O–H groups in total. The van der Waals surface area contributed by atoms with E-state index in [0.717, 1.165) is 16.6 Å². The van der Waals surface area contributed by atoms with Crippen LogP contribution >= 0.6 is 0 Å². The number of nitrogens with one attached hydrogen (secondary N) is 2. The molecule has 39 heavy (non-hydrogen) atoms. The minimum atomic E-state index is -0.986. The minimum absolute atomic E-state index is 0.0308. The summed E-state index contributed by atoms with van der Waals surface area (Å²) in [5.74, 6) is -1.38. The van der Waals surface area contributed by atoms with E-state index in [4.69, 9.17) is 16.1 Å². The third-order valence-corrected chi connectivity index (χ3v) is 6.77. The summed E-state index contributed by atoms with van der Waals surface area (Å²) in [6.07, 6.45) is -0.189. The molecule has 0 radical (unpaired) electrons. The van der Waals surface area contributed by atoms with Gasteiger partial charge in [-0.2, -0.15) is 0 Å². The number of nitrogens with zero attached hydrogens (tertiary/aromatic N) is 3. The van der Waals surface area contributed by atoms with Crippen LogP contribution in [0.2, 0.25) is 0 Å². The number of aromatic nitrogens is 2. The first-order valence-electron chi connectivity index (χ1n) is 12.6. The Bertz CT molecular complexity index is 1580. The summed E-state index contributed by atoms with van der Waals surface area (Å²) >= 11 is 0. The molecule has 10 heteroatoms. The summed E-state index contributed by atoms with van der Waals surface area (Å²) in [4.78, 5) is 31.2. The van der Waals surface area contributed by atoms with Gasteiger partial charge in [-0.05, 0) is 74.4 Å². The molecule has 1 aromatic heterocycles. The number of nitrogen functional groups attached to an aromatic ring is 1. The van der Waals surface area contributed by atoms with E-state index in [2.05, 4.69) is 5.32 Å². The fourth-order valence-electron chi connectivity index (χ4n) is 4.52. The predicted octanol–water partition coefficient (Wildman–Crippen LogP) is 4.83. The molecule has 0 unspecified atom stereocenters. The number of amidine groups is 1. The number of hydrogen-bond donors (Lipinski definition) is 4. The number of aliphatic carboxylic acids is 1. The van der Waals surface area contributed by atoms with E-state index in [9.17, 15) is 19.1 Å². The molecule has 1 heterocycles. The molecule has 0 spiro atoms. The number of fused-ring (bicyclic) bond motifs is 1. The van der Waals surface area contributed by atoms with Crippen LogP contribution in [-0.2, 0) is 17.9 Å². The summed E-state index contributed by atoms with van der Waals surface area (Å²) in [6, 6.07) is 15.2. The van der Waals surface area contributed by atoms with Crippen LogP contribution in [-0.4, -0.2) is 38.9 Å². The zero-order valence-corrected chi connectivity index (χ0v) is 22.1. The number of anilines is 2. The second-order valence-electron chi connectivity index (χ2n) is 9.26. The lowest BCUT2D eigenvalue weighted by atomic mass is 10.1. The van der Waals surface area contributed by atoms with Gasteiger partial charge in [0.15, 0.2) is 0 Å². The molecule has 0 aliphatic carbocycles. The summed E-state index contributed by atoms with van der Waals surface area (Å²) in [5, 5.41) is 19.8. The molecule has 0 bridgehead atoms. The molecule has 0 atom stereocenters. The first kappa shape index (κ1) is 27.3. The molecule has 202 valence electrons. The highest BCUT2D eigenvalue weighted by atomic mass is 19.1. The van der Waals surface area contributed by atoms with Gasteiger partial charge in [0.25, 0.3) is 5.91 Å². The van der Waals surface area contributed by atoms with E-state index in [1.807, 2.05) is 49.6 Å². The number of carbonyl (C=O) groups is 2. The van der Waals surface area contributed by atoms with Crippen molar-refractivity contribution in [1.82, 2.24) is 9.55 Å². The van der Waals surface area contributed by atoms with E-state index in [0.29, 0.717) is 34.7 Å². The summed E-state index contributed by atoms with van der Waals surface area (Å²) in [6.45, 7) is 6.70. The van der Waals surface area contributed by atoms with Crippen molar-refractivity contribution in [3.63, 3.8) is 0 Å². The van der Waals surface area contributed by atoms with Crippen LogP contribution in [0.5, 0.6) is 0 Å². The van der Waals surface area contributed by atoms with Crippen LogP contribution in [0.3, 0.4) is 0 Å². The van der Waals surface area contributed by atoms with Crippen LogP contribution in [0.1, 0.15) is 46.2 Å². The van der Waals surface area contributed by atoms with Gasteiger partial charge in [-0.3, -0.25) is 15.0 Å². The number of amides is 1. The van der Waals surface area contributed by atoms with Gasteiger partial charge in [0, 0.05) is 29.9 Å². The molecule has 4 aromatic rings. The zero-order chi connectivity index (χ0) is 28.3. The smallest absolute Gasteiger partial charge is 0.305 e. The number of imidazole rings is 1. The Hall–Kier alpha value is -4.73. The van der Waals surface area contributed by atoms with Crippen molar-refractivity contribution in [3.8, 4) is 0 Å². The van der Waals surface area contributed by atoms with Crippen molar-refractivity contribution >= 4 is 40.1 Å². The zero-order valence-electron chi connectivity index (χ0n) is 22.1. The van der Waals surface area contributed by atoms with E-state index < -0.39 is 11.8 Å². The molecule has 3 aromatic carbocycles. The Kier molecular flexibility index (Phi) is 7.94. The first-order valence-corrected chi connectivity index (χ1v) is 12.6. The van der Waals surface area contributed by atoms with E-state index in [1.165, 1.54) is 17.0 Å². The monoisotopic (exact) mass is 530 g/mol. The van der Waals surface area contributed by atoms with E-state index in [1.54, 1.807) is 18.2 Å². The fourth-order valence-corrected chi connectivity index (χ4v) is 4.52. The number of nitrogens with two attached hydrogens (primary N) is 1. The third-order valence-electron chi connectivity index (χ3n) is 6.77. The van der Waals surface area contributed by atoms with Crippen molar-refractivity contribution in [2.45, 2.75) is 40.3 Å². The van der Waals surface area contributed by atoms with Crippen molar-refractivity contribution in [1.29, 1.82) is 5.41 Å².